The van der Waals surface area contributed by atoms with Crippen molar-refractivity contribution in [2.24, 2.45) is 0 Å². The second-order valence-electron chi connectivity index (χ2n) is 10.1. The Morgan fingerprint density at radius 1 is 0.950 bits per heavy atom. The molecule has 9 heteroatoms. The number of hydrogen-bond donors (Lipinski definition) is 1. The highest BCUT2D eigenvalue weighted by Gasteiger charge is 2.43. The van der Waals surface area contributed by atoms with Crippen LogP contribution < -0.4 is 19.5 Å². The van der Waals surface area contributed by atoms with Crippen LogP contribution in [-0.4, -0.2) is 49.7 Å². The van der Waals surface area contributed by atoms with E-state index < -0.39 is 5.92 Å². The molecule has 2 aromatic carbocycles. The molecule has 0 fully saturated rings. The molecule has 1 aliphatic heterocycles. The van der Waals surface area contributed by atoms with E-state index in [4.69, 9.17) is 25.8 Å². The van der Waals surface area contributed by atoms with Gasteiger partial charge in [0.05, 0.1) is 19.2 Å². The normalized spacial score (nSPS) is 17.4. The summed E-state index contributed by atoms with van der Waals surface area (Å²) in [6, 6.07) is 10.5. The van der Waals surface area contributed by atoms with Crippen LogP contribution in [0.15, 0.2) is 58.9 Å². The van der Waals surface area contributed by atoms with Gasteiger partial charge in [-0.05, 0) is 74.6 Å². The van der Waals surface area contributed by atoms with Crippen LogP contribution in [0.4, 0.5) is 5.69 Å². The fourth-order valence-electron chi connectivity index (χ4n) is 5.99. The summed E-state index contributed by atoms with van der Waals surface area (Å²) in [4.78, 5) is 41.5. The van der Waals surface area contributed by atoms with Gasteiger partial charge in [0, 0.05) is 53.5 Å². The summed E-state index contributed by atoms with van der Waals surface area (Å²) >= 11 is 6.73. The molecule has 3 aliphatic rings. The van der Waals surface area contributed by atoms with Gasteiger partial charge in [0.2, 0.25) is 0 Å². The number of carbonyl (C=O) groups excluding carboxylic acids is 3. The third-order valence-electron chi connectivity index (χ3n) is 7.71. The highest BCUT2D eigenvalue weighted by molar-refractivity contribution is 6.32. The number of hydrogen-bond acceptors (Lipinski definition) is 7. The SMILES string of the molecule is CCN1C2=C(C(=O)CCC2)C(c2cc(Cl)c(OCC(=O)Nc3ccc(OC)cc3)c(OC)c2)C2=C1CCCC2=O. The summed E-state index contributed by atoms with van der Waals surface area (Å²) in [5.74, 6) is 0.490. The van der Waals surface area contributed by atoms with Gasteiger partial charge < -0.3 is 24.4 Å². The lowest BCUT2D eigenvalue weighted by molar-refractivity contribution is -0.118. The maximum absolute atomic E-state index is 13.4. The van der Waals surface area contributed by atoms with Crippen molar-refractivity contribution in [1.29, 1.82) is 0 Å². The Bertz CT molecular complexity index is 1370. The number of allylic oxidation sites excluding steroid dienone is 4. The van der Waals surface area contributed by atoms with Crippen LogP contribution in [0, 0.1) is 0 Å². The number of benzene rings is 2. The number of Topliss-reactive ketones (excluding diaryl/α,β-unsaturated/α-hetero) is 2. The van der Waals surface area contributed by atoms with Crippen molar-refractivity contribution in [1.82, 2.24) is 4.90 Å². The van der Waals surface area contributed by atoms with Crippen LogP contribution in [0.2, 0.25) is 5.02 Å². The Morgan fingerprint density at radius 2 is 1.57 bits per heavy atom. The van der Waals surface area contributed by atoms with E-state index >= 15 is 0 Å². The molecule has 1 heterocycles. The van der Waals surface area contributed by atoms with E-state index in [0.29, 0.717) is 53.3 Å². The minimum absolute atomic E-state index is 0.0697. The van der Waals surface area contributed by atoms with Gasteiger partial charge in [0.25, 0.3) is 5.91 Å². The van der Waals surface area contributed by atoms with E-state index in [1.54, 1.807) is 43.5 Å². The molecule has 40 heavy (non-hydrogen) atoms. The molecule has 0 aromatic heterocycles. The van der Waals surface area contributed by atoms with Gasteiger partial charge in [0.15, 0.2) is 29.7 Å². The molecule has 0 saturated heterocycles. The minimum atomic E-state index is -0.507. The average Bonchev–Trinajstić information content (AvgIpc) is 2.95. The lowest BCUT2D eigenvalue weighted by Crippen LogP contribution is -2.39. The molecular weight excluding hydrogens is 532 g/mol. The zero-order chi connectivity index (χ0) is 28.4. The van der Waals surface area contributed by atoms with Crippen molar-refractivity contribution < 1.29 is 28.6 Å². The number of halogens is 1. The number of amides is 1. The van der Waals surface area contributed by atoms with Gasteiger partial charge in [-0.15, -0.1) is 0 Å². The topological polar surface area (TPSA) is 94.2 Å². The Morgan fingerprint density at radius 3 is 2.12 bits per heavy atom. The van der Waals surface area contributed by atoms with E-state index in [2.05, 4.69) is 17.1 Å². The first-order valence-corrected chi connectivity index (χ1v) is 14.0. The number of rotatable bonds is 8. The summed E-state index contributed by atoms with van der Waals surface area (Å²) in [5, 5.41) is 3.01. The van der Waals surface area contributed by atoms with E-state index in [-0.39, 0.29) is 34.9 Å². The molecule has 2 aromatic rings. The summed E-state index contributed by atoms with van der Waals surface area (Å²) in [6.07, 6.45) is 4.11. The maximum atomic E-state index is 13.4. The first kappa shape index (κ1) is 27.8. The highest BCUT2D eigenvalue weighted by Crippen LogP contribution is 2.51. The van der Waals surface area contributed by atoms with Crippen molar-refractivity contribution in [2.45, 2.75) is 51.4 Å². The van der Waals surface area contributed by atoms with Crippen LogP contribution in [0.1, 0.15) is 56.9 Å². The van der Waals surface area contributed by atoms with Gasteiger partial charge in [-0.2, -0.15) is 0 Å². The quantitative estimate of drug-likeness (QED) is 0.432. The highest BCUT2D eigenvalue weighted by atomic mass is 35.5. The molecule has 210 valence electrons. The van der Waals surface area contributed by atoms with E-state index in [1.165, 1.54) is 7.11 Å². The first-order valence-electron chi connectivity index (χ1n) is 13.6. The smallest absolute Gasteiger partial charge is 0.262 e. The minimum Gasteiger partial charge on any atom is -0.497 e. The summed E-state index contributed by atoms with van der Waals surface area (Å²) in [7, 11) is 3.07. The van der Waals surface area contributed by atoms with Crippen LogP contribution in [0.25, 0.3) is 0 Å². The molecule has 0 spiro atoms. The van der Waals surface area contributed by atoms with Crippen molar-refractivity contribution in [2.75, 3.05) is 32.7 Å². The predicted molar refractivity (Wildman–Crippen MR) is 152 cm³/mol. The van der Waals surface area contributed by atoms with E-state index in [9.17, 15) is 14.4 Å². The van der Waals surface area contributed by atoms with Crippen molar-refractivity contribution in [3.05, 3.63) is 69.5 Å². The molecule has 0 bridgehead atoms. The van der Waals surface area contributed by atoms with Crippen molar-refractivity contribution >= 4 is 34.8 Å². The largest absolute Gasteiger partial charge is 0.497 e. The number of nitrogens with zero attached hydrogens (tertiary/aromatic N) is 1. The van der Waals surface area contributed by atoms with E-state index in [0.717, 1.165) is 37.1 Å². The number of methoxy groups -OCH3 is 2. The number of anilines is 1. The van der Waals surface area contributed by atoms with Crippen LogP contribution in [0.5, 0.6) is 17.2 Å². The molecular formula is C31H33ClN2O6. The van der Waals surface area contributed by atoms with E-state index in [1.807, 2.05) is 0 Å². The number of nitrogens with one attached hydrogen (secondary N) is 1. The second kappa shape index (κ2) is 11.8. The van der Waals surface area contributed by atoms with Crippen LogP contribution in [0.3, 0.4) is 0 Å². The third kappa shape index (κ3) is 5.20. The lowest BCUT2D eigenvalue weighted by Gasteiger charge is -2.43. The average molecular weight is 565 g/mol. The predicted octanol–water partition coefficient (Wildman–Crippen LogP) is 5.81. The molecule has 5 rings (SSSR count). The molecule has 1 amide bonds. The lowest BCUT2D eigenvalue weighted by atomic mass is 9.71. The molecule has 0 radical (unpaired) electrons. The van der Waals surface area contributed by atoms with Gasteiger partial charge in [-0.3, -0.25) is 14.4 Å². The Labute approximate surface area is 238 Å². The zero-order valence-corrected chi connectivity index (χ0v) is 23.7. The fraction of sp³-hybridized carbons (Fsp3) is 0.387. The number of ketones is 2. The van der Waals surface area contributed by atoms with Gasteiger partial charge in [0.1, 0.15) is 5.75 Å². The summed E-state index contributed by atoms with van der Waals surface area (Å²) in [5.41, 5.74) is 4.72. The molecule has 0 unspecified atom stereocenters. The molecule has 2 aliphatic carbocycles. The summed E-state index contributed by atoms with van der Waals surface area (Å²) in [6.45, 7) is 2.48. The zero-order valence-electron chi connectivity index (χ0n) is 23.0. The second-order valence-corrected chi connectivity index (χ2v) is 10.5. The van der Waals surface area contributed by atoms with Crippen molar-refractivity contribution in [3.8, 4) is 17.2 Å². The number of carbonyl (C=O) groups is 3. The Balaban J connectivity index is 1.46. The van der Waals surface area contributed by atoms with Crippen molar-refractivity contribution in [3.63, 3.8) is 0 Å². The fourth-order valence-corrected chi connectivity index (χ4v) is 6.26. The maximum Gasteiger partial charge on any atom is 0.262 e. The Hall–Kier alpha value is -3.78. The standard InChI is InChI=1S/C31H33ClN2O6/c1-4-34-22-7-5-9-24(35)29(22)28(30-23(34)8-6-10-25(30)36)18-15-21(32)31(26(16-18)39-3)40-17-27(37)33-19-11-13-20(38-2)14-12-19/h11-16,28H,4-10,17H2,1-3H3,(H,33,37). The molecule has 1 N–H and O–H groups in total. The molecule has 8 nitrogen and oxygen atoms in total. The summed E-state index contributed by atoms with van der Waals surface area (Å²) < 4.78 is 16.6. The molecule has 0 atom stereocenters. The van der Waals surface area contributed by atoms with Gasteiger partial charge in [-0.25, -0.2) is 0 Å². The third-order valence-corrected chi connectivity index (χ3v) is 7.99. The van der Waals surface area contributed by atoms with Gasteiger partial charge in [-0.1, -0.05) is 11.6 Å². The number of ether oxygens (including phenoxy) is 3. The van der Waals surface area contributed by atoms with Gasteiger partial charge >= 0.3 is 0 Å². The monoisotopic (exact) mass is 564 g/mol. The molecule has 0 saturated carbocycles. The Kier molecular flexibility index (Phi) is 8.17. The first-order chi connectivity index (χ1) is 19.4. The van der Waals surface area contributed by atoms with Crippen LogP contribution in [-0.2, 0) is 14.4 Å². The van der Waals surface area contributed by atoms with Crippen LogP contribution >= 0.6 is 11.6 Å².